The first-order chi connectivity index (χ1) is 21.3. The van der Waals surface area contributed by atoms with E-state index in [0.717, 1.165) is 12.8 Å². The van der Waals surface area contributed by atoms with Crippen LogP contribution in [0, 0.1) is 11.8 Å². The summed E-state index contributed by atoms with van der Waals surface area (Å²) in [6.07, 6.45) is 7.46. The molecule has 0 saturated carbocycles. The molecule has 0 radical (unpaired) electrons. The molecule has 0 aromatic heterocycles. The van der Waals surface area contributed by atoms with E-state index >= 15 is 0 Å². The van der Waals surface area contributed by atoms with Gasteiger partial charge in [-0.25, -0.2) is 0 Å². The molecule has 0 amide bonds. The van der Waals surface area contributed by atoms with Gasteiger partial charge in [0, 0.05) is 0 Å². The molecule has 2 aliphatic carbocycles. The Morgan fingerprint density at radius 2 is 0.932 bits per heavy atom. The second-order valence-corrected chi connectivity index (χ2v) is 41.7. The summed E-state index contributed by atoms with van der Waals surface area (Å²) in [5, 5.41) is 0. The third-order valence-electron chi connectivity index (χ3n) is 10.2. The summed E-state index contributed by atoms with van der Waals surface area (Å²) in [6.45, 7) is 19.8. The zero-order valence-electron chi connectivity index (χ0n) is 28.0. The molecule has 2 aliphatic rings. The first-order valence-electron chi connectivity index (χ1n) is 17.0. The Hall–Kier alpha value is -2.55. The Kier molecular flexibility index (Phi) is 9.32. The van der Waals surface area contributed by atoms with E-state index in [0.29, 0.717) is 19.2 Å². The molecule has 0 saturated heterocycles. The molecule has 0 spiro atoms. The normalized spacial score (nSPS) is 17.2. The summed E-state index contributed by atoms with van der Waals surface area (Å²) in [5.74, 6) is 0.171. The molecule has 4 aromatic rings. The van der Waals surface area contributed by atoms with Gasteiger partial charge < -0.3 is 0 Å². The fraction of sp³-hybridized carbons (Fsp3) is 0.333. The van der Waals surface area contributed by atoms with Crippen LogP contribution in [0.3, 0.4) is 0 Å². The molecule has 2 heteroatoms. The van der Waals surface area contributed by atoms with Crippen molar-refractivity contribution < 1.29 is 20.6 Å². The van der Waals surface area contributed by atoms with Crippen molar-refractivity contribution in [1.82, 2.24) is 0 Å². The van der Waals surface area contributed by atoms with Crippen LogP contribution < -0.4 is 0 Å². The standard InChI is InChI=1S/2C20H21.C2H7Si.Hf/c2*1-4-15-8-5-6-10-18(15)19-11-7-9-16-12-17(14(2)3)13-20(16)19;1-3-2;/h2*5-14H,4H2,1-3H3;3H,1-2H3;. The molecule has 0 nitrogen and oxygen atoms in total. The Morgan fingerprint density at radius 3 is 1.30 bits per heavy atom. The van der Waals surface area contributed by atoms with Crippen LogP contribution in [-0.2, 0) is 33.4 Å². The molecule has 44 heavy (non-hydrogen) atoms. The van der Waals surface area contributed by atoms with Gasteiger partial charge in [-0.15, -0.1) is 0 Å². The van der Waals surface area contributed by atoms with E-state index in [1.807, 2.05) is 0 Å². The molecular weight excluding hydrogens is 711 g/mol. The zero-order valence-corrected chi connectivity index (χ0v) is 32.8. The molecule has 0 fully saturated rings. The van der Waals surface area contributed by atoms with Crippen molar-refractivity contribution in [3.8, 4) is 22.3 Å². The molecule has 4 aromatic carbocycles. The number of allylic oxidation sites excluding steroid dienone is 2. The second-order valence-electron chi connectivity index (χ2n) is 13.8. The predicted octanol–water partition coefficient (Wildman–Crippen LogP) is 11.6. The van der Waals surface area contributed by atoms with Gasteiger partial charge in [0.25, 0.3) is 0 Å². The molecule has 6 rings (SSSR count). The number of hydrogen-bond donors (Lipinski definition) is 0. The van der Waals surface area contributed by atoms with Crippen LogP contribution in [0.4, 0.5) is 0 Å². The fourth-order valence-corrected chi connectivity index (χ4v) is 41.2. The van der Waals surface area contributed by atoms with E-state index in [1.54, 1.807) is 22.3 Å². The molecule has 0 N–H and O–H groups in total. The van der Waals surface area contributed by atoms with E-state index in [4.69, 9.17) is 0 Å². The van der Waals surface area contributed by atoms with E-state index < -0.39 is 26.6 Å². The number of fused-ring (bicyclic) bond motifs is 2. The van der Waals surface area contributed by atoms with Crippen LogP contribution in [0.2, 0.25) is 13.1 Å². The summed E-state index contributed by atoms with van der Waals surface area (Å²) >= 11 is -2.44. The van der Waals surface area contributed by atoms with Gasteiger partial charge in [0.2, 0.25) is 0 Å². The summed E-state index contributed by atoms with van der Waals surface area (Å²) in [4.78, 5) is 0. The molecular formula is C42H49HfSi. The van der Waals surface area contributed by atoms with Gasteiger partial charge in [-0.05, 0) is 0 Å². The molecule has 0 heterocycles. The van der Waals surface area contributed by atoms with E-state index in [1.165, 1.54) is 44.5 Å². The summed E-state index contributed by atoms with van der Waals surface area (Å²) in [5.41, 5.74) is 18.5. The van der Waals surface area contributed by atoms with Crippen molar-refractivity contribution in [3.63, 3.8) is 0 Å². The number of aryl methyl sites for hydroxylation is 2. The third kappa shape index (κ3) is 5.45. The maximum absolute atomic E-state index is 2.71. The Bertz CT molecular complexity index is 1610. The Labute approximate surface area is 275 Å². The first kappa shape index (κ1) is 31.4. The van der Waals surface area contributed by atoms with Gasteiger partial charge in [-0.2, -0.15) is 0 Å². The molecule has 225 valence electrons. The monoisotopic (exact) mass is 761 g/mol. The first-order valence-corrected chi connectivity index (χ1v) is 30.2. The van der Waals surface area contributed by atoms with Crippen molar-refractivity contribution in [2.75, 3.05) is 0 Å². The average molecular weight is 760 g/mol. The molecule has 2 atom stereocenters. The predicted molar refractivity (Wildman–Crippen MR) is 193 cm³/mol. The third-order valence-corrected chi connectivity index (χ3v) is 40.8. The molecule has 0 aliphatic heterocycles. The number of rotatable bonds is 9. The molecule has 2 unspecified atom stereocenters. The van der Waals surface area contributed by atoms with Crippen LogP contribution in [-0.4, -0.2) is 5.98 Å². The summed E-state index contributed by atoms with van der Waals surface area (Å²) < 4.78 is 1.33. The number of hydrogen-bond acceptors (Lipinski definition) is 0. The van der Waals surface area contributed by atoms with Gasteiger partial charge >= 0.3 is 277 Å². The van der Waals surface area contributed by atoms with Crippen LogP contribution >= 0.6 is 0 Å². The Morgan fingerprint density at radius 1 is 0.545 bits per heavy atom. The van der Waals surface area contributed by atoms with Crippen molar-refractivity contribution in [2.45, 2.75) is 74.8 Å². The SMILES string of the molecule is CCc1ccccc1-c1cccc2c1C=C(C(C)C)[CH]2[Hf]([CH]1C(C(C)C)=Cc2c(-c3ccccc3CC)cccc21)[SiH](C)C. The zero-order chi connectivity index (χ0) is 31.1. The maximum atomic E-state index is 2.71. The van der Waals surface area contributed by atoms with Gasteiger partial charge in [0.15, 0.2) is 0 Å². The van der Waals surface area contributed by atoms with Crippen molar-refractivity contribution in [3.05, 3.63) is 129 Å². The second kappa shape index (κ2) is 13.0. The van der Waals surface area contributed by atoms with Crippen molar-refractivity contribution in [1.29, 1.82) is 0 Å². The van der Waals surface area contributed by atoms with Crippen LogP contribution in [0.1, 0.15) is 82.3 Å². The topological polar surface area (TPSA) is 0 Å². The molecule has 0 bridgehead atoms. The van der Waals surface area contributed by atoms with E-state index in [9.17, 15) is 0 Å². The van der Waals surface area contributed by atoms with E-state index in [-0.39, 0.29) is 0 Å². The minimum atomic E-state index is -2.44. The van der Waals surface area contributed by atoms with Gasteiger partial charge in [-0.3, -0.25) is 0 Å². The average Bonchev–Trinajstić information content (AvgIpc) is 3.61. The minimum absolute atomic E-state index is 0.560. The van der Waals surface area contributed by atoms with Crippen LogP contribution in [0.5, 0.6) is 0 Å². The van der Waals surface area contributed by atoms with Gasteiger partial charge in [-0.1, -0.05) is 0 Å². The van der Waals surface area contributed by atoms with Gasteiger partial charge in [0.05, 0.1) is 0 Å². The van der Waals surface area contributed by atoms with E-state index in [2.05, 4.69) is 152 Å². The van der Waals surface area contributed by atoms with Crippen molar-refractivity contribution >= 4 is 18.1 Å². The van der Waals surface area contributed by atoms with Crippen LogP contribution in [0.25, 0.3) is 34.4 Å². The van der Waals surface area contributed by atoms with Crippen LogP contribution in [0.15, 0.2) is 96.1 Å². The fourth-order valence-electron chi connectivity index (χ4n) is 8.08. The summed E-state index contributed by atoms with van der Waals surface area (Å²) in [6, 6.07) is 32.8. The van der Waals surface area contributed by atoms with Gasteiger partial charge in [0.1, 0.15) is 0 Å². The quantitative estimate of drug-likeness (QED) is 0.149. The number of benzene rings is 4. The Balaban J connectivity index is 1.55. The summed E-state index contributed by atoms with van der Waals surface area (Å²) in [7, 11) is 0. The van der Waals surface area contributed by atoms with Crippen molar-refractivity contribution in [2.24, 2.45) is 11.8 Å².